The minimum Gasteiger partial charge on any atom is -0.268 e. The van der Waals surface area contributed by atoms with E-state index in [1.54, 1.807) is 12.4 Å². The third-order valence-corrected chi connectivity index (χ3v) is 5.03. The Morgan fingerprint density at radius 3 is 2.82 bits per heavy atom. The second kappa shape index (κ2) is 7.12. The van der Waals surface area contributed by atoms with Gasteiger partial charge in [0.25, 0.3) is 5.56 Å². The second-order valence-electron chi connectivity index (χ2n) is 5.92. The summed E-state index contributed by atoms with van der Waals surface area (Å²) >= 11 is 1.24. The number of thioether (sulfide) groups is 1. The van der Waals surface area contributed by atoms with Gasteiger partial charge in [-0.2, -0.15) is 18.3 Å². The summed E-state index contributed by atoms with van der Waals surface area (Å²) in [7, 11) is 0. The predicted octanol–water partition coefficient (Wildman–Crippen LogP) is 3.23. The molecule has 1 aromatic carbocycles. The molecule has 0 radical (unpaired) electrons. The van der Waals surface area contributed by atoms with Crippen LogP contribution in [0.25, 0.3) is 16.7 Å². The molecule has 0 spiro atoms. The number of rotatable bonds is 4. The highest BCUT2D eigenvalue weighted by Gasteiger charge is 2.31. The Morgan fingerprint density at radius 1 is 1.21 bits per heavy atom. The summed E-state index contributed by atoms with van der Waals surface area (Å²) in [5.41, 5.74) is 0.00736. The lowest BCUT2D eigenvalue weighted by atomic mass is 10.2. The third-order valence-electron chi connectivity index (χ3n) is 4.02. The average Bonchev–Trinajstić information content (AvgIpc) is 3.16. The van der Waals surface area contributed by atoms with Crippen LogP contribution in [-0.2, 0) is 11.9 Å². The first-order chi connectivity index (χ1) is 13.4. The Labute approximate surface area is 160 Å². The highest BCUT2D eigenvalue weighted by molar-refractivity contribution is 7.98. The molecular formula is C18H13F3N5OS+. The van der Waals surface area contributed by atoms with Crippen molar-refractivity contribution in [3.63, 3.8) is 0 Å². The third kappa shape index (κ3) is 3.50. The first kappa shape index (κ1) is 18.2. The molecule has 0 aliphatic heterocycles. The Morgan fingerprint density at radius 2 is 2.07 bits per heavy atom. The molecular weight excluding hydrogens is 391 g/mol. The largest absolute Gasteiger partial charge is 0.416 e. The van der Waals surface area contributed by atoms with Gasteiger partial charge in [0.05, 0.1) is 17.4 Å². The predicted molar refractivity (Wildman–Crippen MR) is 97.0 cm³/mol. The van der Waals surface area contributed by atoms with Crippen LogP contribution < -0.4 is 10.5 Å². The molecule has 0 saturated heterocycles. The smallest absolute Gasteiger partial charge is 0.268 e. The monoisotopic (exact) mass is 404 g/mol. The average molecular weight is 404 g/mol. The minimum absolute atomic E-state index is 0.0950. The van der Waals surface area contributed by atoms with Crippen molar-refractivity contribution in [3.8, 4) is 5.69 Å². The zero-order valence-corrected chi connectivity index (χ0v) is 15.0. The summed E-state index contributed by atoms with van der Waals surface area (Å²) in [5.74, 6) is 0.475. The molecule has 0 bridgehead atoms. The van der Waals surface area contributed by atoms with Gasteiger partial charge in [0.15, 0.2) is 23.2 Å². The summed E-state index contributed by atoms with van der Waals surface area (Å²) < 4.78 is 40.6. The molecule has 0 unspecified atom stereocenters. The Balaban J connectivity index is 1.84. The maximum absolute atomic E-state index is 13.1. The number of fused-ring (bicyclic) bond motifs is 1. The zero-order valence-electron chi connectivity index (χ0n) is 14.2. The number of nitrogens with one attached hydrogen (secondary N) is 2. The molecule has 3 heterocycles. The maximum atomic E-state index is 13.1. The van der Waals surface area contributed by atoms with Gasteiger partial charge in [-0.05, 0) is 24.3 Å². The van der Waals surface area contributed by atoms with E-state index in [2.05, 4.69) is 20.2 Å². The van der Waals surface area contributed by atoms with Crippen LogP contribution in [0.5, 0.6) is 0 Å². The Kier molecular flexibility index (Phi) is 4.63. The standard InChI is InChI=1S/C18H12F3N5OS/c19-18(20,21)12-4-1-5-13(7-12)26-16(27)14-9-23-25-15(14)24-17(26)28-10-11-3-2-6-22-8-11/h1-9H,10H2,(H,23,25)/p+1. The van der Waals surface area contributed by atoms with E-state index in [-0.39, 0.29) is 21.9 Å². The topological polar surface area (TPSA) is 77.7 Å². The normalized spacial score (nSPS) is 11.8. The van der Waals surface area contributed by atoms with Crippen LogP contribution in [0.15, 0.2) is 64.9 Å². The molecule has 142 valence electrons. The molecule has 4 rings (SSSR count). The first-order valence-electron chi connectivity index (χ1n) is 8.15. The van der Waals surface area contributed by atoms with Crippen molar-refractivity contribution >= 4 is 22.8 Å². The lowest BCUT2D eigenvalue weighted by Crippen LogP contribution is -2.22. The molecule has 0 atom stereocenters. The SMILES string of the molecule is O=c1c2cn[nH]c2nc(SCc2ccc[nH+]c2)n1-c1cccc(C(F)(F)F)c1. The second-order valence-corrected chi connectivity index (χ2v) is 6.86. The molecule has 0 amide bonds. The van der Waals surface area contributed by atoms with Crippen LogP contribution in [0.2, 0.25) is 0 Å². The summed E-state index contributed by atoms with van der Waals surface area (Å²) in [6.45, 7) is 0. The number of hydrogen-bond acceptors (Lipinski definition) is 4. The number of aromatic amines is 2. The molecule has 3 aromatic heterocycles. The first-order valence-corrected chi connectivity index (χ1v) is 9.13. The van der Waals surface area contributed by atoms with Crippen LogP contribution in [0.1, 0.15) is 11.1 Å². The molecule has 4 aromatic rings. The van der Waals surface area contributed by atoms with E-state index >= 15 is 0 Å². The molecule has 0 aliphatic carbocycles. The lowest BCUT2D eigenvalue weighted by Gasteiger charge is -2.14. The van der Waals surface area contributed by atoms with Gasteiger partial charge < -0.3 is 0 Å². The number of aromatic nitrogens is 5. The van der Waals surface area contributed by atoms with E-state index in [1.165, 1.54) is 34.7 Å². The van der Waals surface area contributed by atoms with Gasteiger partial charge in [-0.1, -0.05) is 17.8 Å². The van der Waals surface area contributed by atoms with Crippen molar-refractivity contribution in [1.82, 2.24) is 19.7 Å². The summed E-state index contributed by atoms with van der Waals surface area (Å²) in [5, 5.41) is 6.93. The molecule has 6 nitrogen and oxygen atoms in total. The number of hydrogen-bond donors (Lipinski definition) is 1. The molecule has 28 heavy (non-hydrogen) atoms. The van der Waals surface area contributed by atoms with Gasteiger partial charge in [0.1, 0.15) is 5.39 Å². The quantitative estimate of drug-likeness (QED) is 0.419. The van der Waals surface area contributed by atoms with E-state index in [9.17, 15) is 18.0 Å². The van der Waals surface area contributed by atoms with Gasteiger partial charge in [-0.15, -0.1) is 0 Å². The fourth-order valence-electron chi connectivity index (χ4n) is 2.69. The molecule has 0 saturated carbocycles. The Hall–Kier alpha value is -3.14. The van der Waals surface area contributed by atoms with Crippen molar-refractivity contribution < 1.29 is 18.2 Å². The van der Waals surface area contributed by atoms with Gasteiger partial charge in [-0.3, -0.25) is 14.5 Å². The van der Waals surface area contributed by atoms with Gasteiger partial charge >= 0.3 is 6.18 Å². The van der Waals surface area contributed by atoms with Gasteiger partial charge in [0.2, 0.25) is 0 Å². The lowest BCUT2D eigenvalue weighted by molar-refractivity contribution is -0.378. The Bertz CT molecular complexity index is 1190. The van der Waals surface area contributed by atoms with Crippen molar-refractivity contribution in [2.75, 3.05) is 0 Å². The molecule has 0 fully saturated rings. The van der Waals surface area contributed by atoms with E-state index in [0.29, 0.717) is 5.75 Å². The molecule has 0 aliphatic rings. The van der Waals surface area contributed by atoms with Crippen LogP contribution >= 0.6 is 11.8 Å². The fourth-order valence-corrected chi connectivity index (χ4v) is 3.64. The van der Waals surface area contributed by atoms with Crippen LogP contribution in [0.4, 0.5) is 13.2 Å². The summed E-state index contributed by atoms with van der Waals surface area (Å²) in [6.07, 6.45) is 0.366. The number of alkyl halides is 3. The highest BCUT2D eigenvalue weighted by Crippen LogP contribution is 2.31. The van der Waals surface area contributed by atoms with Crippen LogP contribution in [0, 0.1) is 0 Å². The van der Waals surface area contributed by atoms with Crippen molar-refractivity contribution in [3.05, 3.63) is 76.5 Å². The van der Waals surface area contributed by atoms with Gasteiger partial charge in [0, 0.05) is 17.4 Å². The van der Waals surface area contributed by atoms with E-state index in [1.807, 2.05) is 12.1 Å². The maximum Gasteiger partial charge on any atom is 0.416 e. The number of nitrogens with zero attached hydrogens (tertiary/aromatic N) is 3. The summed E-state index contributed by atoms with van der Waals surface area (Å²) in [6, 6.07) is 8.35. The number of H-pyrrole nitrogens is 2. The van der Waals surface area contributed by atoms with Crippen molar-refractivity contribution in [1.29, 1.82) is 0 Å². The van der Waals surface area contributed by atoms with Crippen molar-refractivity contribution in [2.24, 2.45) is 0 Å². The molecule has 2 N–H and O–H groups in total. The summed E-state index contributed by atoms with van der Waals surface area (Å²) in [4.78, 5) is 20.3. The van der Waals surface area contributed by atoms with E-state index in [4.69, 9.17) is 0 Å². The number of halogens is 3. The van der Waals surface area contributed by atoms with Gasteiger partial charge in [-0.25, -0.2) is 9.97 Å². The van der Waals surface area contributed by atoms with E-state index in [0.717, 1.165) is 17.7 Å². The number of benzene rings is 1. The molecule has 10 heteroatoms. The fraction of sp³-hybridized carbons (Fsp3) is 0.111. The van der Waals surface area contributed by atoms with E-state index < -0.39 is 17.3 Å². The van der Waals surface area contributed by atoms with Crippen LogP contribution in [-0.4, -0.2) is 19.7 Å². The highest BCUT2D eigenvalue weighted by atomic mass is 32.2. The van der Waals surface area contributed by atoms with Crippen molar-refractivity contribution in [2.45, 2.75) is 17.1 Å². The van der Waals surface area contributed by atoms with Crippen LogP contribution in [0.3, 0.4) is 0 Å². The zero-order chi connectivity index (χ0) is 19.7. The minimum atomic E-state index is -4.51. The number of pyridine rings is 1.